The maximum atomic E-state index is 13.3. The number of hydrogen-bond donors (Lipinski definition) is 2. The highest BCUT2D eigenvalue weighted by molar-refractivity contribution is 6.33. The van der Waals surface area contributed by atoms with E-state index in [1.54, 1.807) is 30.3 Å². The number of hydrogen-bond acceptors (Lipinski definition) is 9. The molecule has 0 bridgehead atoms. The van der Waals surface area contributed by atoms with Gasteiger partial charge in [-0.05, 0) is 105 Å². The lowest BCUT2D eigenvalue weighted by molar-refractivity contribution is -0.136. The van der Waals surface area contributed by atoms with Crippen molar-refractivity contribution >= 4 is 58.2 Å². The summed E-state index contributed by atoms with van der Waals surface area (Å²) in [6.07, 6.45) is 5.67. The van der Waals surface area contributed by atoms with Gasteiger partial charge in [-0.25, -0.2) is 4.85 Å². The van der Waals surface area contributed by atoms with Gasteiger partial charge < -0.3 is 19.9 Å². The Morgan fingerprint density at radius 1 is 0.789 bits per heavy atom. The Kier molecular flexibility index (Phi) is 11.2. The van der Waals surface area contributed by atoms with Crippen molar-refractivity contribution in [2.24, 2.45) is 5.92 Å². The number of amides is 5. The van der Waals surface area contributed by atoms with E-state index in [0.717, 1.165) is 101 Å². The molecule has 1 unspecified atom stereocenters. The number of benzene rings is 3. The normalized spacial score (nSPS) is 23.2. The van der Waals surface area contributed by atoms with Gasteiger partial charge >= 0.3 is 0 Å². The molecule has 3 aromatic carbocycles. The third-order valence-electron chi connectivity index (χ3n) is 12.1. The average molecular weight is 792 g/mol. The van der Waals surface area contributed by atoms with E-state index in [1.807, 2.05) is 30.3 Å². The fourth-order valence-electron chi connectivity index (χ4n) is 8.84. The van der Waals surface area contributed by atoms with Crippen molar-refractivity contribution in [2.45, 2.75) is 69.6 Å². The Morgan fingerprint density at radius 3 is 2.16 bits per heavy atom. The van der Waals surface area contributed by atoms with Crippen LogP contribution in [-0.2, 0) is 9.59 Å². The van der Waals surface area contributed by atoms with E-state index < -0.39 is 23.8 Å². The second-order valence-corrected chi connectivity index (χ2v) is 16.1. The highest BCUT2D eigenvalue weighted by atomic mass is 35.5. The summed E-state index contributed by atoms with van der Waals surface area (Å²) >= 11 is 6.16. The van der Waals surface area contributed by atoms with Gasteiger partial charge in [0.1, 0.15) is 11.8 Å². The number of fused-ring (bicyclic) bond motifs is 1. The van der Waals surface area contributed by atoms with Gasteiger partial charge in [-0.3, -0.25) is 39.1 Å². The van der Waals surface area contributed by atoms with Crippen molar-refractivity contribution in [3.05, 3.63) is 93.8 Å². The van der Waals surface area contributed by atoms with Crippen molar-refractivity contribution in [1.82, 2.24) is 20.4 Å². The van der Waals surface area contributed by atoms with Crippen molar-refractivity contribution in [2.75, 3.05) is 55.6 Å². The first-order valence-electron chi connectivity index (χ1n) is 20.0. The molecule has 0 aromatic heterocycles. The molecule has 0 spiro atoms. The maximum absolute atomic E-state index is 13.3. The van der Waals surface area contributed by atoms with Crippen molar-refractivity contribution < 1.29 is 28.7 Å². The highest BCUT2D eigenvalue weighted by Crippen LogP contribution is 2.34. The molecular weight excluding hydrogens is 746 g/mol. The summed E-state index contributed by atoms with van der Waals surface area (Å²) in [4.78, 5) is 75.2. The molecule has 3 saturated heterocycles. The number of piperazine rings is 1. The number of nitrogens with one attached hydrogen (secondary N) is 2. The second kappa shape index (κ2) is 16.6. The topological polar surface area (TPSA) is 136 Å². The summed E-state index contributed by atoms with van der Waals surface area (Å²) in [5, 5.41) is 5.84. The van der Waals surface area contributed by atoms with Crippen LogP contribution in [0.1, 0.15) is 82.4 Å². The Morgan fingerprint density at radius 2 is 1.47 bits per heavy atom. The largest absolute Gasteiger partial charge is 0.490 e. The number of carbonyl (C=O) groups excluding carboxylic acids is 5. The van der Waals surface area contributed by atoms with Crippen molar-refractivity contribution in [1.29, 1.82) is 0 Å². The molecule has 4 heterocycles. The number of ether oxygens (including phenoxy) is 1. The van der Waals surface area contributed by atoms with Gasteiger partial charge in [0.05, 0.1) is 28.8 Å². The molecule has 57 heavy (non-hydrogen) atoms. The first-order valence-corrected chi connectivity index (χ1v) is 20.3. The number of carbonyl (C=O) groups is 5. The number of rotatable bonds is 9. The lowest BCUT2D eigenvalue weighted by Gasteiger charge is -2.40. The predicted molar refractivity (Wildman–Crippen MR) is 215 cm³/mol. The van der Waals surface area contributed by atoms with Crippen LogP contribution in [-0.4, -0.2) is 103 Å². The quantitative estimate of drug-likeness (QED) is 0.214. The van der Waals surface area contributed by atoms with E-state index in [2.05, 4.69) is 30.2 Å². The zero-order valence-corrected chi connectivity index (χ0v) is 32.5. The molecule has 2 N–H and O–H groups in total. The molecule has 296 valence electrons. The molecule has 5 amide bonds. The van der Waals surface area contributed by atoms with Crippen LogP contribution in [0.2, 0.25) is 5.02 Å². The molecule has 8 rings (SSSR count). The van der Waals surface area contributed by atoms with E-state index in [0.29, 0.717) is 39.1 Å². The summed E-state index contributed by atoms with van der Waals surface area (Å²) in [6, 6.07) is 17.6. The molecule has 13 nitrogen and oxygen atoms in total. The lowest BCUT2D eigenvalue weighted by atomic mass is 9.92. The molecule has 4 fully saturated rings. The minimum Gasteiger partial charge on any atom is -0.490 e. The Balaban J connectivity index is 0.753. The number of halogens is 1. The van der Waals surface area contributed by atoms with Crippen LogP contribution >= 0.6 is 11.6 Å². The fraction of sp³-hybridized carbons (Fsp3) is 0.442. The van der Waals surface area contributed by atoms with Crippen LogP contribution in [0.3, 0.4) is 0 Å². The lowest BCUT2D eigenvalue weighted by Crippen LogP contribution is -2.54. The smallest absolute Gasteiger partial charge is 0.262 e. The third kappa shape index (κ3) is 8.34. The van der Waals surface area contributed by atoms with E-state index in [9.17, 15) is 24.0 Å². The van der Waals surface area contributed by atoms with Crippen LogP contribution in [0.5, 0.6) is 5.75 Å². The Bertz CT molecular complexity index is 2100. The predicted octanol–water partition coefficient (Wildman–Crippen LogP) is 5.45. The number of nitrogens with zero attached hydrogens (tertiary/aromatic N) is 5. The van der Waals surface area contributed by atoms with E-state index >= 15 is 0 Å². The minimum absolute atomic E-state index is 0.0509. The second-order valence-electron chi connectivity index (χ2n) is 15.7. The van der Waals surface area contributed by atoms with Gasteiger partial charge in [-0.15, -0.1) is 0 Å². The molecular formula is C43H46ClN7O6. The molecule has 0 radical (unpaired) electrons. The van der Waals surface area contributed by atoms with E-state index in [1.165, 1.54) is 0 Å². The first-order chi connectivity index (χ1) is 27.6. The molecule has 3 aromatic rings. The van der Waals surface area contributed by atoms with Gasteiger partial charge in [-0.2, -0.15) is 0 Å². The van der Waals surface area contributed by atoms with Crippen LogP contribution in [0.15, 0.2) is 60.7 Å². The molecule has 1 aliphatic carbocycles. The zero-order valence-electron chi connectivity index (χ0n) is 31.8. The summed E-state index contributed by atoms with van der Waals surface area (Å²) < 4.78 is 6.10. The maximum Gasteiger partial charge on any atom is 0.262 e. The van der Waals surface area contributed by atoms with Gasteiger partial charge in [0.15, 0.2) is 0 Å². The summed E-state index contributed by atoms with van der Waals surface area (Å²) in [5.74, 6) is -0.783. The zero-order chi connectivity index (χ0) is 39.6. The highest BCUT2D eigenvalue weighted by Gasteiger charge is 2.45. The van der Waals surface area contributed by atoms with Crippen LogP contribution < -0.4 is 25.2 Å². The van der Waals surface area contributed by atoms with Crippen LogP contribution in [0.25, 0.3) is 4.85 Å². The van der Waals surface area contributed by atoms with Crippen LogP contribution in [0, 0.1) is 12.5 Å². The third-order valence-corrected chi connectivity index (χ3v) is 12.4. The summed E-state index contributed by atoms with van der Waals surface area (Å²) in [6.45, 7) is 13.7. The van der Waals surface area contributed by atoms with Crippen molar-refractivity contribution in [3.8, 4) is 5.75 Å². The van der Waals surface area contributed by atoms with E-state index in [-0.39, 0.29) is 36.8 Å². The molecule has 5 aliphatic rings. The Hall–Kier alpha value is -5.45. The first kappa shape index (κ1) is 38.4. The SMILES string of the molecule is [C-]#[N+]c1ccc(OC2CCC(NC(=O)c3ccc(N4CCN(CC5CCN(c6ccc7c(c6)C(=O)N(C6CCC(=O)NC6=O)C7=O)CC5)CC4)cc3)CC2)cc1Cl. The summed E-state index contributed by atoms with van der Waals surface area (Å²) in [5.41, 5.74) is 3.71. The molecule has 1 saturated carbocycles. The Labute approximate surface area is 337 Å². The number of anilines is 2. The number of imide groups is 2. The molecule has 1 atom stereocenters. The van der Waals surface area contributed by atoms with Crippen molar-refractivity contribution in [3.63, 3.8) is 0 Å². The molecule has 4 aliphatic heterocycles. The van der Waals surface area contributed by atoms with Crippen LogP contribution in [0.4, 0.5) is 17.1 Å². The standard InChI is InChI=1S/C43H46ClN7O6/c1-45-37-13-11-33(25-36(37)44)57-32-9-4-29(5-10-32)46-40(53)28-2-6-30(7-3-28)50-22-20-48(21-23-50)26-27-16-18-49(19-17-27)31-8-12-34-35(24-31)43(56)51(42(34)55)38-14-15-39(52)47-41(38)54/h2-3,6-8,11-13,24-25,27,29,32,38H,4-5,9-10,14-23,26H2,(H,46,53)(H,47,52,54). The van der Waals surface area contributed by atoms with E-state index in [4.69, 9.17) is 22.9 Å². The average Bonchev–Trinajstić information content (AvgIpc) is 3.47. The van der Waals surface area contributed by atoms with Gasteiger partial charge in [0.25, 0.3) is 17.7 Å². The number of piperidine rings is 2. The monoisotopic (exact) mass is 791 g/mol. The van der Waals surface area contributed by atoms with Gasteiger partial charge in [0.2, 0.25) is 17.5 Å². The minimum atomic E-state index is -0.968. The molecule has 14 heteroatoms. The summed E-state index contributed by atoms with van der Waals surface area (Å²) in [7, 11) is 0. The fourth-order valence-corrected chi connectivity index (χ4v) is 9.06. The van der Waals surface area contributed by atoms with Gasteiger partial charge in [-0.1, -0.05) is 17.7 Å². The van der Waals surface area contributed by atoms with Gasteiger partial charge in [0, 0.05) is 75.2 Å².